The molecule has 0 aromatic carbocycles. The lowest BCUT2D eigenvalue weighted by Gasteiger charge is -2.34. The Balaban J connectivity index is 2.30. The van der Waals surface area contributed by atoms with Crippen molar-refractivity contribution in [3.05, 3.63) is 0 Å². The van der Waals surface area contributed by atoms with Crippen LogP contribution in [0.15, 0.2) is 0 Å². The Morgan fingerprint density at radius 3 is 3.00 bits per heavy atom. The fourth-order valence-electron chi connectivity index (χ4n) is 1.38. The van der Waals surface area contributed by atoms with Crippen molar-refractivity contribution in [2.75, 3.05) is 26.3 Å². The quantitative estimate of drug-likeness (QED) is 0.733. The van der Waals surface area contributed by atoms with Crippen LogP contribution in [0.3, 0.4) is 0 Å². The number of hydrogen-bond acceptors (Lipinski definition) is 3. The number of halogens is 1. The molecule has 0 aromatic heterocycles. The molecule has 1 heterocycles. The molecule has 0 amide bonds. The van der Waals surface area contributed by atoms with E-state index >= 15 is 0 Å². The highest BCUT2D eigenvalue weighted by Crippen LogP contribution is 2.09. The minimum Gasteiger partial charge on any atom is -0.373 e. The molecule has 0 spiro atoms. The van der Waals surface area contributed by atoms with Gasteiger partial charge in [-0.25, -0.2) is 0 Å². The van der Waals surface area contributed by atoms with E-state index in [0.717, 1.165) is 19.7 Å². The zero-order chi connectivity index (χ0) is 8.97. The van der Waals surface area contributed by atoms with E-state index in [-0.39, 0.29) is 6.10 Å². The number of hydrogen-bond donors (Lipinski definition) is 0. The van der Waals surface area contributed by atoms with Gasteiger partial charge in [-0.05, 0) is 13.8 Å². The molecule has 1 saturated heterocycles. The molecule has 1 rings (SSSR count). The summed E-state index contributed by atoms with van der Waals surface area (Å²) in [6.45, 7) is 8.02. The van der Waals surface area contributed by atoms with Crippen LogP contribution < -0.4 is 0 Å². The van der Waals surface area contributed by atoms with Gasteiger partial charge in [0.1, 0.15) is 23.0 Å². The van der Waals surface area contributed by atoms with E-state index < -0.39 is 0 Å². The Hall–Kier alpha value is 0.610. The van der Waals surface area contributed by atoms with Crippen molar-refractivity contribution < 1.29 is 7.80 Å². The zero-order valence-corrected chi connectivity index (χ0v) is 9.78. The average molecular weight is 285 g/mol. The van der Waals surface area contributed by atoms with Gasteiger partial charge in [0.2, 0.25) is 0 Å². The number of ether oxygens (including phenoxy) is 1. The van der Waals surface area contributed by atoms with Gasteiger partial charge in [-0.3, -0.25) is 4.90 Å². The molecule has 4 heteroatoms. The van der Waals surface area contributed by atoms with Crippen LogP contribution in [0.5, 0.6) is 0 Å². The minimum atomic E-state index is 0.262. The highest BCUT2D eigenvalue weighted by atomic mass is 127. The van der Waals surface area contributed by atoms with Crippen LogP contribution in [0, 0.1) is 0 Å². The average Bonchev–Trinajstić information content (AvgIpc) is 2.05. The summed E-state index contributed by atoms with van der Waals surface area (Å²) in [4.78, 5) is 2.42. The maximum atomic E-state index is 5.53. The van der Waals surface area contributed by atoms with Crippen molar-refractivity contribution in [3.63, 3.8) is 0 Å². The van der Waals surface area contributed by atoms with Gasteiger partial charge in [0.25, 0.3) is 0 Å². The fraction of sp³-hybridized carbons (Fsp3) is 1.00. The van der Waals surface area contributed by atoms with Crippen molar-refractivity contribution >= 4 is 23.0 Å². The molecule has 12 heavy (non-hydrogen) atoms. The highest BCUT2D eigenvalue weighted by molar-refractivity contribution is 14.1. The molecule has 0 bridgehead atoms. The van der Waals surface area contributed by atoms with Crippen LogP contribution in [0.2, 0.25) is 0 Å². The second-order valence-corrected chi connectivity index (χ2v) is 3.98. The molecule has 0 saturated carbocycles. The van der Waals surface area contributed by atoms with Crippen molar-refractivity contribution in [1.29, 1.82) is 0 Å². The van der Waals surface area contributed by atoms with Crippen molar-refractivity contribution in [3.8, 4) is 0 Å². The zero-order valence-electron chi connectivity index (χ0n) is 7.62. The van der Waals surface area contributed by atoms with Gasteiger partial charge in [-0.2, -0.15) is 0 Å². The standard InChI is InChI=1S/C8H16INO2/c1-7(2)10-3-4-11-8(5-10)6-12-9/h7-8H,3-6H2,1-2H3. The van der Waals surface area contributed by atoms with Crippen LogP contribution in [0.25, 0.3) is 0 Å². The monoisotopic (exact) mass is 285 g/mol. The Morgan fingerprint density at radius 1 is 1.67 bits per heavy atom. The van der Waals surface area contributed by atoms with E-state index in [9.17, 15) is 0 Å². The summed E-state index contributed by atoms with van der Waals surface area (Å²) in [6.07, 6.45) is 0.262. The summed E-state index contributed by atoms with van der Waals surface area (Å²) in [5.74, 6) is 0. The number of rotatable bonds is 3. The largest absolute Gasteiger partial charge is 0.373 e. The van der Waals surface area contributed by atoms with Crippen molar-refractivity contribution in [2.45, 2.75) is 26.0 Å². The maximum absolute atomic E-state index is 5.53. The lowest BCUT2D eigenvalue weighted by atomic mass is 10.2. The lowest BCUT2D eigenvalue weighted by Crippen LogP contribution is -2.47. The predicted octanol–water partition coefficient (Wildman–Crippen LogP) is 1.46. The van der Waals surface area contributed by atoms with Crippen LogP contribution in [-0.2, 0) is 7.80 Å². The summed E-state index contributed by atoms with van der Waals surface area (Å²) >= 11 is 1.92. The third-order valence-electron chi connectivity index (χ3n) is 2.15. The van der Waals surface area contributed by atoms with E-state index in [1.807, 2.05) is 23.0 Å². The first-order chi connectivity index (χ1) is 5.74. The van der Waals surface area contributed by atoms with Crippen LogP contribution in [0.1, 0.15) is 13.8 Å². The highest BCUT2D eigenvalue weighted by Gasteiger charge is 2.21. The van der Waals surface area contributed by atoms with Gasteiger partial charge < -0.3 is 7.80 Å². The van der Waals surface area contributed by atoms with E-state index in [4.69, 9.17) is 7.80 Å². The molecular formula is C8H16INO2. The molecule has 1 atom stereocenters. The molecule has 0 aromatic rings. The molecule has 1 aliphatic heterocycles. The summed E-state index contributed by atoms with van der Waals surface area (Å²) in [6, 6.07) is 0.616. The minimum absolute atomic E-state index is 0.262. The molecule has 0 radical (unpaired) electrons. The van der Waals surface area contributed by atoms with E-state index in [0.29, 0.717) is 12.6 Å². The third-order valence-corrected chi connectivity index (χ3v) is 2.51. The van der Waals surface area contributed by atoms with Gasteiger partial charge in [0, 0.05) is 19.1 Å². The number of nitrogens with zero attached hydrogens (tertiary/aromatic N) is 1. The van der Waals surface area contributed by atoms with Crippen LogP contribution in [-0.4, -0.2) is 43.3 Å². The lowest BCUT2D eigenvalue weighted by molar-refractivity contribution is -0.0510. The van der Waals surface area contributed by atoms with Crippen LogP contribution in [0.4, 0.5) is 0 Å². The molecule has 72 valence electrons. The fourth-order valence-corrected chi connectivity index (χ4v) is 1.78. The first-order valence-corrected chi connectivity index (χ1v) is 5.21. The maximum Gasteiger partial charge on any atom is 0.109 e. The second kappa shape index (κ2) is 5.36. The smallest absolute Gasteiger partial charge is 0.109 e. The summed E-state index contributed by atoms with van der Waals surface area (Å²) < 4.78 is 10.6. The summed E-state index contributed by atoms with van der Waals surface area (Å²) in [5, 5.41) is 0. The summed E-state index contributed by atoms with van der Waals surface area (Å²) in [7, 11) is 0. The Morgan fingerprint density at radius 2 is 2.42 bits per heavy atom. The molecule has 1 fully saturated rings. The Bertz CT molecular complexity index is 130. The summed E-state index contributed by atoms with van der Waals surface area (Å²) in [5.41, 5.74) is 0. The normalized spacial score (nSPS) is 26.5. The molecular weight excluding hydrogens is 269 g/mol. The third kappa shape index (κ3) is 3.16. The van der Waals surface area contributed by atoms with Crippen molar-refractivity contribution in [2.24, 2.45) is 0 Å². The van der Waals surface area contributed by atoms with Crippen LogP contribution >= 0.6 is 23.0 Å². The van der Waals surface area contributed by atoms with E-state index in [1.165, 1.54) is 0 Å². The second-order valence-electron chi connectivity index (χ2n) is 3.36. The molecule has 1 unspecified atom stereocenters. The van der Waals surface area contributed by atoms with Crippen molar-refractivity contribution in [1.82, 2.24) is 4.90 Å². The van der Waals surface area contributed by atoms with Gasteiger partial charge in [0.05, 0.1) is 19.3 Å². The Kier molecular flexibility index (Phi) is 4.78. The Labute approximate surface area is 88.1 Å². The SMILES string of the molecule is CC(C)N1CCOC(COI)C1. The number of morpholine rings is 1. The molecule has 1 aliphatic rings. The van der Waals surface area contributed by atoms with E-state index in [2.05, 4.69) is 18.7 Å². The van der Waals surface area contributed by atoms with Gasteiger partial charge in [0.15, 0.2) is 0 Å². The molecule has 3 nitrogen and oxygen atoms in total. The molecule has 0 aliphatic carbocycles. The topological polar surface area (TPSA) is 21.7 Å². The van der Waals surface area contributed by atoms with Gasteiger partial charge in [-0.15, -0.1) is 0 Å². The predicted molar refractivity (Wildman–Crippen MR) is 56.4 cm³/mol. The van der Waals surface area contributed by atoms with E-state index in [1.54, 1.807) is 0 Å². The first kappa shape index (κ1) is 10.7. The van der Waals surface area contributed by atoms with Gasteiger partial charge in [-0.1, -0.05) is 0 Å². The molecule has 0 N–H and O–H groups in total. The first-order valence-electron chi connectivity index (χ1n) is 4.33. The van der Waals surface area contributed by atoms with Gasteiger partial charge >= 0.3 is 0 Å².